The van der Waals surface area contributed by atoms with Crippen molar-refractivity contribution in [2.75, 3.05) is 0 Å². The molecule has 0 aliphatic carbocycles. The summed E-state index contributed by atoms with van der Waals surface area (Å²) in [5.41, 5.74) is 1.48. The predicted molar refractivity (Wildman–Crippen MR) is 97.6 cm³/mol. The van der Waals surface area contributed by atoms with Crippen LogP contribution in [0.25, 0.3) is 0 Å². The first kappa shape index (κ1) is 23.9. The third-order valence-corrected chi connectivity index (χ3v) is 2.76. The number of hydrogen-bond acceptors (Lipinski definition) is 0. The molecule has 0 radical (unpaired) electrons. The van der Waals surface area contributed by atoms with Gasteiger partial charge < -0.3 is 7.43 Å². The van der Waals surface area contributed by atoms with Gasteiger partial charge in [-0.1, -0.05) is 26.2 Å². The predicted octanol–water partition coefficient (Wildman–Crippen LogP) is 6.17. The maximum absolute atomic E-state index is 2.89. The molecule has 3 rings (SSSR count). The second-order valence-electron chi connectivity index (χ2n) is 4.55. The molecule has 0 spiro atoms. The largest absolute Gasteiger partial charge is 4.00 e. The Morgan fingerprint density at radius 3 is 1.39 bits per heavy atom. The fourth-order valence-corrected chi connectivity index (χ4v) is 1.65. The van der Waals surface area contributed by atoms with Gasteiger partial charge in [0.05, 0.1) is 0 Å². The zero-order valence-electron chi connectivity index (χ0n) is 14.2. The molecule has 0 aliphatic heterocycles. The molecule has 0 aliphatic rings. The van der Waals surface area contributed by atoms with Crippen molar-refractivity contribution in [1.29, 1.82) is 0 Å². The molecule has 1 heteroatoms. The van der Waals surface area contributed by atoms with Crippen molar-refractivity contribution in [3.63, 3.8) is 0 Å². The minimum atomic E-state index is 0. The van der Waals surface area contributed by atoms with E-state index in [0.29, 0.717) is 0 Å². The van der Waals surface area contributed by atoms with Gasteiger partial charge in [0.1, 0.15) is 0 Å². The van der Waals surface area contributed by atoms with E-state index >= 15 is 0 Å². The van der Waals surface area contributed by atoms with Crippen molar-refractivity contribution >= 4 is 0 Å². The summed E-state index contributed by atoms with van der Waals surface area (Å²) in [6.07, 6.45) is 3.87. The van der Waals surface area contributed by atoms with Crippen molar-refractivity contribution in [2.24, 2.45) is 0 Å². The van der Waals surface area contributed by atoms with E-state index in [2.05, 4.69) is 43.3 Å². The van der Waals surface area contributed by atoms with Gasteiger partial charge in [-0.15, -0.1) is 0 Å². The second kappa shape index (κ2) is 18.7. The number of unbranched alkanes of at least 4 members (excludes halogenated alkanes) is 1. The zero-order chi connectivity index (χ0) is 15.0. The maximum Gasteiger partial charge on any atom is 4.00 e. The quantitative estimate of drug-likeness (QED) is 0.318. The minimum absolute atomic E-state index is 0. The van der Waals surface area contributed by atoms with Crippen LogP contribution in [0.3, 0.4) is 0 Å². The maximum atomic E-state index is 2.89. The Hall–Kier alpha value is -1.34. The Balaban J connectivity index is 0. The Labute approximate surface area is 161 Å². The normalized spacial score (nSPS) is 8.04. The van der Waals surface area contributed by atoms with Crippen molar-refractivity contribution in [2.45, 2.75) is 26.2 Å². The molecule has 0 N–H and O–H groups in total. The van der Waals surface area contributed by atoms with Crippen LogP contribution in [0.4, 0.5) is 0 Å². The van der Waals surface area contributed by atoms with E-state index in [9.17, 15) is 0 Å². The van der Waals surface area contributed by atoms with Gasteiger partial charge in [0, 0.05) is 0 Å². The molecule has 0 nitrogen and oxygen atoms in total. The molecule has 3 aromatic rings. The van der Waals surface area contributed by atoms with Crippen LogP contribution in [-0.2, 0) is 32.3 Å². The standard InChI is InChI=1S/C9H13.2C6H5.CH3.Hf/c1-2-3-6-9-7-4-5-8-9;2*1-2-4-6-5-3-1;;/h4-5,7-8H,2-3,6H2,1H3;2*1-5H;1H3;/q4*-1;+4. The van der Waals surface area contributed by atoms with E-state index in [-0.39, 0.29) is 33.3 Å². The molecule has 0 aromatic heterocycles. The fraction of sp³-hybridized carbons (Fsp3) is 0.182. The van der Waals surface area contributed by atoms with Crippen LogP contribution in [0.2, 0.25) is 0 Å². The molecule has 0 fully saturated rings. The second-order valence-corrected chi connectivity index (χ2v) is 4.55. The Morgan fingerprint density at radius 2 is 1.13 bits per heavy atom. The molecule has 0 amide bonds. The summed E-state index contributed by atoms with van der Waals surface area (Å²) in [6.45, 7) is 2.23. The topological polar surface area (TPSA) is 0 Å². The van der Waals surface area contributed by atoms with Gasteiger partial charge >= 0.3 is 25.8 Å². The van der Waals surface area contributed by atoms with Crippen LogP contribution in [0, 0.1) is 19.6 Å². The Kier molecular flexibility index (Phi) is 19.5. The van der Waals surface area contributed by atoms with Crippen LogP contribution in [0.5, 0.6) is 0 Å². The summed E-state index contributed by atoms with van der Waals surface area (Å²) in [5.74, 6) is 0. The fourth-order valence-electron chi connectivity index (χ4n) is 1.65. The average molecular weight is 469 g/mol. The first-order valence-corrected chi connectivity index (χ1v) is 7.46. The third-order valence-electron chi connectivity index (χ3n) is 2.76. The smallest absolute Gasteiger partial charge is 0.358 e. The van der Waals surface area contributed by atoms with Gasteiger partial charge in [-0.05, 0) is 0 Å². The van der Waals surface area contributed by atoms with Crippen molar-refractivity contribution in [3.05, 3.63) is 110 Å². The van der Waals surface area contributed by atoms with Crippen LogP contribution >= 0.6 is 0 Å². The van der Waals surface area contributed by atoms with E-state index in [1.54, 1.807) is 0 Å². The molecule has 0 heterocycles. The van der Waals surface area contributed by atoms with Crippen LogP contribution in [-0.4, -0.2) is 0 Å². The molecular weight excluding hydrogens is 443 g/mol. The number of benzene rings is 2. The van der Waals surface area contributed by atoms with Gasteiger partial charge in [0.15, 0.2) is 0 Å². The van der Waals surface area contributed by atoms with Crippen LogP contribution in [0.15, 0.2) is 84.9 Å². The third kappa shape index (κ3) is 15.3. The van der Waals surface area contributed by atoms with Gasteiger partial charge in [0.2, 0.25) is 0 Å². The summed E-state index contributed by atoms with van der Waals surface area (Å²) in [7, 11) is 0. The first-order valence-electron chi connectivity index (χ1n) is 7.46. The van der Waals surface area contributed by atoms with Gasteiger partial charge in [0.25, 0.3) is 0 Å². The monoisotopic (exact) mass is 470 g/mol. The molecule has 0 bridgehead atoms. The summed E-state index contributed by atoms with van der Waals surface area (Å²) < 4.78 is 0. The van der Waals surface area contributed by atoms with E-state index in [1.165, 1.54) is 24.8 Å². The number of aryl methyl sites for hydroxylation is 1. The molecule has 0 saturated heterocycles. The van der Waals surface area contributed by atoms with Gasteiger partial charge in [-0.25, -0.2) is 12.1 Å². The summed E-state index contributed by atoms with van der Waals surface area (Å²) in [4.78, 5) is 0. The molecule has 118 valence electrons. The number of rotatable bonds is 3. The molecular formula is C22H26Hf. The molecule has 3 aromatic carbocycles. The minimum Gasteiger partial charge on any atom is -0.358 e. The first-order chi connectivity index (χ1) is 10.4. The van der Waals surface area contributed by atoms with E-state index in [4.69, 9.17) is 0 Å². The Bertz CT molecular complexity index is 415. The molecule has 23 heavy (non-hydrogen) atoms. The zero-order valence-corrected chi connectivity index (χ0v) is 17.8. The van der Waals surface area contributed by atoms with E-state index in [0.717, 1.165) is 0 Å². The van der Waals surface area contributed by atoms with Crippen LogP contribution < -0.4 is 0 Å². The summed E-state index contributed by atoms with van der Waals surface area (Å²) >= 11 is 0. The number of hydrogen-bond donors (Lipinski definition) is 0. The average Bonchev–Trinajstić information content (AvgIpc) is 3.11. The molecule has 0 unspecified atom stereocenters. The van der Waals surface area contributed by atoms with Crippen LogP contribution in [0.1, 0.15) is 25.3 Å². The van der Waals surface area contributed by atoms with Crippen molar-refractivity contribution in [3.8, 4) is 0 Å². The molecule has 0 saturated carbocycles. The van der Waals surface area contributed by atoms with E-state index in [1.807, 2.05) is 60.7 Å². The SMILES string of the molecule is CCCC[c-]1cccc1.[CH3-].[Hf+4].[c-]1ccccc1.[c-]1ccccc1. The summed E-state index contributed by atoms with van der Waals surface area (Å²) in [6, 6.07) is 33.6. The van der Waals surface area contributed by atoms with Crippen molar-refractivity contribution < 1.29 is 25.8 Å². The summed E-state index contributed by atoms with van der Waals surface area (Å²) in [5, 5.41) is 0. The van der Waals surface area contributed by atoms with Crippen molar-refractivity contribution in [1.82, 2.24) is 0 Å². The van der Waals surface area contributed by atoms with Gasteiger partial charge in [-0.3, -0.25) is 0 Å². The molecule has 0 atom stereocenters. The Morgan fingerprint density at radius 1 is 0.696 bits per heavy atom. The van der Waals surface area contributed by atoms with Gasteiger partial charge in [-0.2, -0.15) is 90.5 Å². The van der Waals surface area contributed by atoms with E-state index < -0.39 is 0 Å².